The van der Waals surface area contributed by atoms with Crippen LogP contribution in [0.25, 0.3) is 0 Å². The lowest BCUT2D eigenvalue weighted by Gasteiger charge is -2.21. The van der Waals surface area contributed by atoms with Gasteiger partial charge in [-0.05, 0) is 25.1 Å². The van der Waals surface area contributed by atoms with Crippen LogP contribution in [0.4, 0.5) is 5.69 Å². The van der Waals surface area contributed by atoms with Crippen molar-refractivity contribution in [2.45, 2.75) is 13.8 Å². The minimum Gasteiger partial charge on any atom is -0.481 e. The Morgan fingerprint density at radius 3 is 2.65 bits per heavy atom. The minimum absolute atomic E-state index is 0.145. The van der Waals surface area contributed by atoms with Crippen molar-refractivity contribution in [3.63, 3.8) is 0 Å². The van der Waals surface area contributed by atoms with Gasteiger partial charge in [0.25, 0.3) is 5.91 Å². The number of carboxylic acids is 1. The minimum atomic E-state index is -0.928. The van der Waals surface area contributed by atoms with Crippen LogP contribution in [-0.4, -0.2) is 42.0 Å². The number of benzene rings is 1. The quantitative estimate of drug-likeness (QED) is 0.847. The molecule has 0 spiro atoms. The van der Waals surface area contributed by atoms with E-state index >= 15 is 0 Å². The summed E-state index contributed by atoms with van der Waals surface area (Å²) < 4.78 is 0. The van der Waals surface area contributed by atoms with Gasteiger partial charge in [0.1, 0.15) is 0 Å². The summed E-state index contributed by atoms with van der Waals surface area (Å²) in [7, 11) is 1.58. The van der Waals surface area contributed by atoms with E-state index in [1.165, 1.54) is 4.90 Å². The molecule has 1 atom stereocenters. The molecule has 1 aromatic carbocycles. The van der Waals surface area contributed by atoms with E-state index in [-0.39, 0.29) is 12.5 Å². The number of aliphatic carboxylic acids is 1. The van der Waals surface area contributed by atoms with Crippen LogP contribution < -0.4 is 5.32 Å². The lowest BCUT2D eigenvalue weighted by molar-refractivity contribution is -0.141. The average molecular weight is 299 g/mol. The highest BCUT2D eigenvalue weighted by atomic mass is 35.5. The first-order chi connectivity index (χ1) is 9.36. The van der Waals surface area contributed by atoms with Crippen LogP contribution in [0.5, 0.6) is 0 Å². The molecule has 0 fully saturated rings. The summed E-state index contributed by atoms with van der Waals surface area (Å²) in [5, 5.41) is 12.5. The normalized spacial score (nSPS) is 11.8. The zero-order valence-corrected chi connectivity index (χ0v) is 12.6. The summed E-state index contributed by atoms with van der Waals surface area (Å²) in [6.07, 6.45) is 0. The summed E-state index contributed by atoms with van der Waals surface area (Å²) >= 11 is 5.93. The van der Waals surface area contributed by atoms with Crippen molar-refractivity contribution in [2.75, 3.05) is 25.5 Å². The van der Waals surface area contributed by atoms with Gasteiger partial charge in [0.2, 0.25) is 0 Å². The van der Waals surface area contributed by atoms with Crippen LogP contribution in [0, 0.1) is 5.92 Å². The zero-order valence-electron chi connectivity index (χ0n) is 11.8. The number of hydrogen-bond acceptors (Lipinski definition) is 3. The Kier molecular flexibility index (Phi) is 5.82. The van der Waals surface area contributed by atoms with Crippen LogP contribution in [0.3, 0.4) is 0 Å². The van der Waals surface area contributed by atoms with E-state index in [1.807, 2.05) is 6.92 Å². The molecule has 0 heterocycles. The van der Waals surface area contributed by atoms with Crippen molar-refractivity contribution in [1.82, 2.24) is 4.90 Å². The molecule has 5 nitrogen and oxygen atoms in total. The maximum Gasteiger partial charge on any atom is 0.308 e. The number of halogens is 1. The summed E-state index contributed by atoms with van der Waals surface area (Å²) in [6.45, 7) is 4.32. The van der Waals surface area contributed by atoms with Crippen molar-refractivity contribution >= 4 is 29.2 Å². The number of carbonyl (C=O) groups excluding carboxylic acids is 1. The third-order valence-electron chi connectivity index (χ3n) is 2.90. The first-order valence-corrected chi connectivity index (χ1v) is 6.76. The van der Waals surface area contributed by atoms with E-state index in [4.69, 9.17) is 16.7 Å². The molecule has 1 aromatic rings. The van der Waals surface area contributed by atoms with Crippen LogP contribution in [-0.2, 0) is 4.79 Å². The molecule has 20 heavy (non-hydrogen) atoms. The Labute approximate surface area is 123 Å². The van der Waals surface area contributed by atoms with E-state index in [2.05, 4.69) is 5.32 Å². The van der Waals surface area contributed by atoms with Crippen LogP contribution >= 0.6 is 11.6 Å². The van der Waals surface area contributed by atoms with Gasteiger partial charge in [0, 0.05) is 30.8 Å². The van der Waals surface area contributed by atoms with E-state index in [0.29, 0.717) is 22.8 Å². The van der Waals surface area contributed by atoms with E-state index < -0.39 is 11.9 Å². The smallest absolute Gasteiger partial charge is 0.308 e. The summed E-state index contributed by atoms with van der Waals surface area (Å²) in [5.74, 6) is -1.80. The summed E-state index contributed by atoms with van der Waals surface area (Å²) in [6, 6.07) is 5.04. The van der Waals surface area contributed by atoms with E-state index in [0.717, 1.165) is 0 Å². The highest BCUT2D eigenvalue weighted by Gasteiger charge is 2.20. The van der Waals surface area contributed by atoms with Crippen molar-refractivity contribution in [3.8, 4) is 0 Å². The first-order valence-electron chi connectivity index (χ1n) is 6.38. The van der Waals surface area contributed by atoms with Gasteiger partial charge in [0.05, 0.1) is 11.5 Å². The number of carbonyl (C=O) groups is 2. The van der Waals surface area contributed by atoms with Crippen LogP contribution in [0.1, 0.15) is 24.2 Å². The topological polar surface area (TPSA) is 69.6 Å². The molecular formula is C14H19ClN2O3. The molecular weight excluding hydrogens is 280 g/mol. The Morgan fingerprint density at radius 2 is 2.10 bits per heavy atom. The average Bonchev–Trinajstić information content (AvgIpc) is 2.39. The van der Waals surface area contributed by atoms with E-state index in [1.54, 1.807) is 32.2 Å². The number of anilines is 1. The molecule has 0 aromatic heterocycles. The van der Waals surface area contributed by atoms with Crippen LogP contribution in [0.2, 0.25) is 5.02 Å². The number of amides is 1. The fourth-order valence-electron chi connectivity index (χ4n) is 1.82. The Hall–Kier alpha value is -1.75. The van der Waals surface area contributed by atoms with Crippen molar-refractivity contribution < 1.29 is 14.7 Å². The predicted molar refractivity (Wildman–Crippen MR) is 79.4 cm³/mol. The number of rotatable bonds is 6. The maximum atomic E-state index is 12.4. The second-order valence-corrected chi connectivity index (χ2v) is 5.08. The maximum absolute atomic E-state index is 12.4. The summed E-state index contributed by atoms with van der Waals surface area (Å²) in [5.41, 5.74) is 1.14. The fraction of sp³-hybridized carbons (Fsp3) is 0.429. The molecule has 1 unspecified atom stereocenters. The van der Waals surface area contributed by atoms with Crippen LogP contribution in [0.15, 0.2) is 18.2 Å². The molecule has 0 aliphatic rings. The van der Waals surface area contributed by atoms with Gasteiger partial charge >= 0.3 is 5.97 Å². The van der Waals surface area contributed by atoms with Gasteiger partial charge in [-0.1, -0.05) is 18.5 Å². The molecule has 1 amide bonds. The summed E-state index contributed by atoms with van der Waals surface area (Å²) in [4.78, 5) is 24.6. The van der Waals surface area contributed by atoms with Gasteiger partial charge in [-0.25, -0.2) is 0 Å². The number of nitrogens with zero attached hydrogens (tertiary/aromatic N) is 1. The number of nitrogens with one attached hydrogen (secondary N) is 1. The second kappa shape index (κ2) is 7.14. The first kappa shape index (κ1) is 16.3. The molecule has 0 saturated carbocycles. The third kappa shape index (κ3) is 4.13. The molecule has 0 aliphatic heterocycles. The van der Waals surface area contributed by atoms with Gasteiger partial charge in [-0.3, -0.25) is 9.59 Å². The SMILES string of the molecule is CCNc1ccc(Cl)cc1C(=O)N(C)CC(C)C(=O)O. The number of carboxylic acid groups (broad SMARTS) is 1. The Morgan fingerprint density at radius 1 is 1.45 bits per heavy atom. The molecule has 0 bridgehead atoms. The van der Waals surface area contributed by atoms with Gasteiger partial charge < -0.3 is 15.3 Å². The molecule has 0 aliphatic carbocycles. The molecule has 0 saturated heterocycles. The van der Waals surface area contributed by atoms with Gasteiger partial charge in [-0.2, -0.15) is 0 Å². The standard InChI is InChI=1S/C14H19ClN2O3/c1-4-16-12-6-5-10(15)7-11(12)13(18)17(3)8-9(2)14(19)20/h5-7,9,16H,4,8H2,1-3H3,(H,19,20). The number of hydrogen-bond donors (Lipinski definition) is 2. The predicted octanol–water partition coefficient (Wildman–Crippen LogP) is 2.56. The van der Waals surface area contributed by atoms with Gasteiger partial charge in [-0.15, -0.1) is 0 Å². The Bertz CT molecular complexity index is 505. The van der Waals surface area contributed by atoms with Gasteiger partial charge in [0.15, 0.2) is 0 Å². The molecule has 0 radical (unpaired) electrons. The Balaban J connectivity index is 2.95. The zero-order chi connectivity index (χ0) is 15.3. The lowest BCUT2D eigenvalue weighted by Crippen LogP contribution is -2.34. The second-order valence-electron chi connectivity index (χ2n) is 4.65. The molecule has 110 valence electrons. The lowest BCUT2D eigenvalue weighted by atomic mass is 10.1. The molecule has 1 rings (SSSR count). The molecule has 6 heteroatoms. The van der Waals surface area contributed by atoms with Crippen molar-refractivity contribution in [2.24, 2.45) is 5.92 Å². The molecule has 2 N–H and O–H groups in total. The third-order valence-corrected chi connectivity index (χ3v) is 3.13. The largest absolute Gasteiger partial charge is 0.481 e. The van der Waals surface area contributed by atoms with Crippen molar-refractivity contribution in [3.05, 3.63) is 28.8 Å². The monoisotopic (exact) mass is 298 g/mol. The van der Waals surface area contributed by atoms with Crippen molar-refractivity contribution in [1.29, 1.82) is 0 Å². The highest BCUT2D eigenvalue weighted by molar-refractivity contribution is 6.31. The fourth-order valence-corrected chi connectivity index (χ4v) is 1.99. The van der Waals surface area contributed by atoms with E-state index in [9.17, 15) is 9.59 Å². The highest BCUT2D eigenvalue weighted by Crippen LogP contribution is 2.22.